The van der Waals surface area contributed by atoms with Crippen molar-refractivity contribution in [3.63, 3.8) is 0 Å². The topological polar surface area (TPSA) is 64.7 Å². The van der Waals surface area contributed by atoms with Crippen LogP contribution >= 0.6 is 0 Å². The van der Waals surface area contributed by atoms with E-state index in [0.29, 0.717) is 0 Å². The molecule has 2 amide bonds. The summed E-state index contributed by atoms with van der Waals surface area (Å²) in [6.45, 7) is 2.01. The number of carbonyl (C=O) groups excluding carboxylic acids is 2. The zero-order valence-corrected chi connectivity index (χ0v) is 11.3. The van der Waals surface area contributed by atoms with Crippen molar-refractivity contribution in [1.29, 1.82) is 0 Å². The molecule has 0 aliphatic carbocycles. The first-order valence-corrected chi connectivity index (χ1v) is 6.11. The molecular weight excluding hydrogens is 244 g/mol. The Kier molecular flexibility index (Phi) is 3.82. The Bertz CT molecular complexity index is 484. The van der Waals surface area contributed by atoms with E-state index in [1.807, 2.05) is 31.2 Å². The van der Waals surface area contributed by atoms with Gasteiger partial charge in [-0.3, -0.25) is 9.59 Å². The molecule has 2 rings (SSSR count). The number of hydrazine groups is 2. The van der Waals surface area contributed by atoms with E-state index >= 15 is 0 Å². The third-order valence-electron chi connectivity index (χ3n) is 2.96. The lowest BCUT2D eigenvalue weighted by molar-refractivity contribution is -0.153. The van der Waals surface area contributed by atoms with E-state index in [4.69, 9.17) is 0 Å². The molecule has 1 aliphatic rings. The van der Waals surface area contributed by atoms with Gasteiger partial charge in [-0.15, -0.1) is 0 Å². The van der Waals surface area contributed by atoms with Crippen LogP contribution in [0.5, 0.6) is 0 Å². The summed E-state index contributed by atoms with van der Waals surface area (Å²) in [6.07, 6.45) is 0.163. The van der Waals surface area contributed by atoms with Gasteiger partial charge in [0.25, 0.3) is 5.91 Å². The Balaban J connectivity index is 1.96. The number of anilines is 1. The monoisotopic (exact) mass is 262 g/mol. The highest BCUT2D eigenvalue weighted by Crippen LogP contribution is 2.14. The van der Waals surface area contributed by atoms with Gasteiger partial charge in [0.2, 0.25) is 5.91 Å². The third kappa shape index (κ3) is 2.91. The molecule has 19 heavy (non-hydrogen) atoms. The zero-order valence-electron chi connectivity index (χ0n) is 11.3. The Hall–Kier alpha value is -1.92. The number of hydrogen-bond donors (Lipinski definition) is 2. The number of amides is 2. The number of imide groups is 1. The largest absolute Gasteiger partial charge is 0.321 e. The zero-order chi connectivity index (χ0) is 14.0. The maximum Gasteiger partial charge on any atom is 0.263 e. The fourth-order valence-electron chi connectivity index (χ4n) is 1.96. The maximum absolute atomic E-state index is 12.0. The number of carbonyl (C=O) groups is 2. The highest BCUT2D eigenvalue weighted by Gasteiger charge is 2.39. The molecule has 6 nitrogen and oxygen atoms in total. The molecular formula is C13H18N4O2. The molecule has 1 heterocycles. The summed E-state index contributed by atoms with van der Waals surface area (Å²) >= 11 is 0. The van der Waals surface area contributed by atoms with Crippen molar-refractivity contribution < 1.29 is 9.59 Å². The number of nitrogens with one attached hydrogen (secondary N) is 2. The fraction of sp³-hybridized carbons (Fsp3) is 0.385. The van der Waals surface area contributed by atoms with Crippen LogP contribution in [0, 0.1) is 6.92 Å². The van der Waals surface area contributed by atoms with Crippen LogP contribution < -0.4 is 10.9 Å². The van der Waals surface area contributed by atoms with E-state index in [2.05, 4.69) is 10.9 Å². The molecule has 1 atom stereocenters. The Labute approximate surface area is 112 Å². The standard InChI is InChI=1S/C13H18N4O2/c1-9-4-6-10(7-5-9)14-15-11-8-12(18)17(13(11)19)16(2)3/h4-7,11,14-15H,8H2,1-3H3. The molecule has 102 valence electrons. The summed E-state index contributed by atoms with van der Waals surface area (Å²) in [5.41, 5.74) is 7.87. The molecule has 1 aliphatic heterocycles. The second kappa shape index (κ2) is 5.38. The van der Waals surface area contributed by atoms with Gasteiger partial charge in [0.15, 0.2) is 0 Å². The summed E-state index contributed by atoms with van der Waals surface area (Å²) < 4.78 is 0. The van der Waals surface area contributed by atoms with Crippen LogP contribution in [-0.2, 0) is 9.59 Å². The van der Waals surface area contributed by atoms with Crippen LogP contribution in [0.1, 0.15) is 12.0 Å². The fourth-order valence-corrected chi connectivity index (χ4v) is 1.96. The number of hydrogen-bond acceptors (Lipinski definition) is 5. The number of aryl methyl sites for hydroxylation is 1. The van der Waals surface area contributed by atoms with E-state index in [0.717, 1.165) is 16.3 Å². The normalized spacial score (nSPS) is 19.4. The van der Waals surface area contributed by atoms with Crippen LogP contribution in [0.3, 0.4) is 0 Å². The summed E-state index contributed by atoms with van der Waals surface area (Å²) in [6, 6.07) is 7.23. The van der Waals surface area contributed by atoms with Crippen molar-refractivity contribution in [1.82, 2.24) is 15.4 Å². The van der Waals surface area contributed by atoms with Crippen molar-refractivity contribution in [2.75, 3.05) is 19.5 Å². The quantitative estimate of drug-likeness (QED) is 0.611. The van der Waals surface area contributed by atoms with Gasteiger partial charge in [0.05, 0.1) is 6.42 Å². The molecule has 0 bridgehead atoms. The van der Waals surface area contributed by atoms with Gasteiger partial charge in [-0.25, -0.2) is 15.4 Å². The molecule has 6 heteroatoms. The van der Waals surface area contributed by atoms with Gasteiger partial charge in [0, 0.05) is 19.8 Å². The average molecular weight is 262 g/mol. The summed E-state index contributed by atoms with van der Waals surface area (Å²) in [5, 5.41) is 2.65. The lowest BCUT2D eigenvalue weighted by atomic mass is 10.2. The molecule has 1 saturated heterocycles. The van der Waals surface area contributed by atoms with Gasteiger partial charge >= 0.3 is 0 Å². The van der Waals surface area contributed by atoms with E-state index < -0.39 is 6.04 Å². The minimum atomic E-state index is -0.531. The molecule has 0 aromatic heterocycles. The molecule has 0 spiro atoms. The lowest BCUT2D eigenvalue weighted by Gasteiger charge is -2.22. The van der Waals surface area contributed by atoms with Crippen LogP contribution in [0.25, 0.3) is 0 Å². The van der Waals surface area contributed by atoms with Crippen LogP contribution in [0.15, 0.2) is 24.3 Å². The van der Waals surface area contributed by atoms with Crippen LogP contribution in [0.2, 0.25) is 0 Å². The first-order valence-electron chi connectivity index (χ1n) is 6.11. The van der Waals surface area contributed by atoms with E-state index in [9.17, 15) is 9.59 Å². The van der Waals surface area contributed by atoms with Gasteiger partial charge in [-0.2, -0.15) is 0 Å². The number of nitrogens with zero attached hydrogens (tertiary/aromatic N) is 2. The van der Waals surface area contributed by atoms with Crippen molar-refractivity contribution >= 4 is 17.5 Å². The van der Waals surface area contributed by atoms with E-state index in [-0.39, 0.29) is 18.2 Å². The predicted molar refractivity (Wildman–Crippen MR) is 71.9 cm³/mol. The summed E-state index contributed by atoms with van der Waals surface area (Å²) in [5.74, 6) is -0.437. The smallest absolute Gasteiger partial charge is 0.263 e. The minimum absolute atomic E-state index is 0.163. The second-order valence-corrected chi connectivity index (χ2v) is 4.78. The SMILES string of the molecule is Cc1ccc(NNC2CC(=O)N(N(C)C)C2=O)cc1. The van der Waals surface area contributed by atoms with E-state index in [1.165, 1.54) is 5.01 Å². The van der Waals surface area contributed by atoms with Gasteiger partial charge < -0.3 is 5.43 Å². The summed E-state index contributed by atoms with van der Waals surface area (Å²) in [7, 11) is 3.34. The van der Waals surface area contributed by atoms with Gasteiger partial charge in [0.1, 0.15) is 6.04 Å². The molecule has 0 saturated carbocycles. The molecule has 2 N–H and O–H groups in total. The minimum Gasteiger partial charge on any atom is -0.321 e. The third-order valence-corrected chi connectivity index (χ3v) is 2.96. The molecule has 1 fully saturated rings. The molecule has 0 radical (unpaired) electrons. The first-order chi connectivity index (χ1) is 8.99. The van der Waals surface area contributed by atoms with Gasteiger partial charge in [-0.05, 0) is 19.1 Å². The highest BCUT2D eigenvalue weighted by molar-refractivity contribution is 6.05. The number of benzene rings is 1. The van der Waals surface area contributed by atoms with Gasteiger partial charge in [-0.1, -0.05) is 17.7 Å². The average Bonchev–Trinajstić information content (AvgIpc) is 2.63. The van der Waals surface area contributed by atoms with Crippen molar-refractivity contribution in [2.45, 2.75) is 19.4 Å². The van der Waals surface area contributed by atoms with Crippen LogP contribution in [0.4, 0.5) is 5.69 Å². The first kappa shape index (κ1) is 13.5. The molecule has 1 unspecified atom stereocenters. The van der Waals surface area contributed by atoms with E-state index in [1.54, 1.807) is 14.1 Å². The lowest BCUT2D eigenvalue weighted by Crippen LogP contribution is -2.46. The maximum atomic E-state index is 12.0. The van der Waals surface area contributed by atoms with Crippen LogP contribution in [-0.4, -0.2) is 42.0 Å². The Morgan fingerprint density at radius 1 is 1.21 bits per heavy atom. The molecule has 1 aromatic rings. The Morgan fingerprint density at radius 2 is 1.84 bits per heavy atom. The number of rotatable bonds is 4. The highest BCUT2D eigenvalue weighted by atomic mass is 16.2. The van der Waals surface area contributed by atoms with Crippen molar-refractivity contribution in [2.24, 2.45) is 0 Å². The summed E-state index contributed by atoms with van der Waals surface area (Å²) in [4.78, 5) is 23.7. The molecule has 1 aromatic carbocycles. The predicted octanol–water partition coefficient (Wildman–Crippen LogP) is 0.516. The second-order valence-electron chi connectivity index (χ2n) is 4.78. The van der Waals surface area contributed by atoms with Crippen molar-refractivity contribution in [3.05, 3.63) is 29.8 Å². The van der Waals surface area contributed by atoms with Crippen molar-refractivity contribution in [3.8, 4) is 0 Å². The Morgan fingerprint density at radius 3 is 2.37 bits per heavy atom.